The van der Waals surface area contributed by atoms with Gasteiger partial charge in [0.25, 0.3) is 5.91 Å². The number of anilines is 1. The van der Waals surface area contributed by atoms with E-state index in [-0.39, 0.29) is 11.9 Å². The van der Waals surface area contributed by atoms with Crippen LogP contribution >= 0.6 is 0 Å². The van der Waals surface area contributed by atoms with Crippen LogP contribution in [-0.2, 0) is 4.79 Å². The predicted molar refractivity (Wildman–Crippen MR) is 77.0 cm³/mol. The van der Waals surface area contributed by atoms with Crippen LogP contribution in [0.3, 0.4) is 0 Å². The molecule has 1 aromatic carbocycles. The minimum absolute atomic E-state index is 0.0738. The van der Waals surface area contributed by atoms with Gasteiger partial charge in [-0.05, 0) is 19.2 Å². The van der Waals surface area contributed by atoms with E-state index in [1.165, 1.54) is 0 Å². The van der Waals surface area contributed by atoms with Crippen molar-refractivity contribution in [2.45, 2.75) is 18.6 Å². The number of likely N-dealkylation sites (N-methyl/N-ethyl adjacent to an activating group) is 1. The summed E-state index contributed by atoms with van der Waals surface area (Å²) >= 11 is 0. The maximum Gasteiger partial charge on any atom is 0.265 e. The molecule has 3 rings (SSSR count). The fourth-order valence-corrected chi connectivity index (χ4v) is 2.38. The first-order chi connectivity index (χ1) is 9.74. The van der Waals surface area contributed by atoms with E-state index in [1.54, 1.807) is 0 Å². The number of hydrogen-bond acceptors (Lipinski definition) is 5. The van der Waals surface area contributed by atoms with Gasteiger partial charge in [-0.25, -0.2) is 0 Å². The van der Waals surface area contributed by atoms with E-state index in [1.807, 2.05) is 37.5 Å². The predicted octanol–water partition coefficient (Wildman–Crippen LogP) is 0.666. The van der Waals surface area contributed by atoms with Gasteiger partial charge < -0.3 is 15.5 Å². The first-order valence-corrected chi connectivity index (χ1v) is 6.77. The van der Waals surface area contributed by atoms with Crippen LogP contribution in [0.15, 0.2) is 29.4 Å². The molecular formula is C14H18N4O2. The van der Waals surface area contributed by atoms with Crippen molar-refractivity contribution in [2.24, 2.45) is 5.10 Å². The van der Waals surface area contributed by atoms with Crippen molar-refractivity contribution in [3.05, 3.63) is 24.3 Å². The standard InChI is InChI=1S/C14H18N4O2/c1-18(10-8-15-16-9-10)7-6-13-14(19)17-11-4-2-3-5-12(11)20-13/h2-5,8,10,13,16H,6-7,9H2,1H3,(H,17,19). The topological polar surface area (TPSA) is 66.0 Å². The minimum atomic E-state index is -0.432. The van der Waals surface area contributed by atoms with Gasteiger partial charge in [-0.1, -0.05) is 12.1 Å². The van der Waals surface area contributed by atoms with Crippen LogP contribution in [0.5, 0.6) is 5.75 Å². The first kappa shape index (κ1) is 12.9. The molecule has 1 aromatic rings. The van der Waals surface area contributed by atoms with Gasteiger partial charge in [-0.15, -0.1) is 0 Å². The molecule has 0 radical (unpaired) electrons. The molecule has 2 heterocycles. The molecule has 2 N–H and O–H groups in total. The highest BCUT2D eigenvalue weighted by Gasteiger charge is 2.28. The quantitative estimate of drug-likeness (QED) is 0.847. The Hall–Kier alpha value is -2.08. The minimum Gasteiger partial charge on any atom is -0.478 e. The Kier molecular flexibility index (Phi) is 3.56. The van der Waals surface area contributed by atoms with Crippen molar-refractivity contribution in [1.82, 2.24) is 10.3 Å². The Labute approximate surface area is 117 Å². The summed E-state index contributed by atoms with van der Waals surface area (Å²) in [6.45, 7) is 1.59. The van der Waals surface area contributed by atoms with E-state index in [0.717, 1.165) is 24.5 Å². The number of carbonyl (C=O) groups excluding carboxylic acids is 1. The van der Waals surface area contributed by atoms with Crippen molar-refractivity contribution in [1.29, 1.82) is 0 Å². The molecule has 20 heavy (non-hydrogen) atoms. The molecular weight excluding hydrogens is 256 g/mol. The van der Waals surface area contributed by atoms with E-state index in [0.29, 0.717) is 6.42 Å². The third-order valence-corrected chi connectivity index (χ3v) is 3.66. The Morgan fingerprint density at radius 1 is 1.45 bits per heavy atom. The maximum atomic E-state index is 12.0. The Morgan fingerprint density at radius 2 is 2.30 bits per heavy atom. The summed E-state index contributed by atoms with van der Waals surface area (Å²) in [5, 5.41) is 6.88. The number of amides is 1. The zero-order valence-electron chi connectivity index (χ0n) is 11.4. The van der Waals surface area contributed by atoms with Gasteiger partial charge >= 0.3 is 0 Å². The summed E-state index contributed by atoms with van der Waals surface area (Å²) in [7, 11) is 2.03. The van der Waals surface area contributed by atoms with Crippen LogP contribution in [0.25, 0.3) is 0 Å². The lowest BCUT2D eigenvalue weighted by Gasteiger charge is -2.28. The van der Waals surface area contributed by atoms with E-state index < -0.39 is 6.10 Å². The second-order valence-electron chi connectivity index (χ2n) is 5.07. The van der Waals surface area contributed by atoms with Crippen molar-refractivity contribution in [3.63, 3.8) is 0 Å². The van der Waals surface area contributed by atoms with Crippen LogP contribution in [0.4, 0.5) is 5.69 Å². The Balaban J connectivity index is 1.58. The van der Waals surface area contributed by atoms with Crippen molar-refractivity contribution in [2.75, 3.05) is 25.5 Å². The molecule has 0 saturated carbocycles. The van der Waals surface area contributed by atoms with Crippen molar-refractivity contribution in [3.8, 4) is 5.75 Å². The highest BCUT2D eigenvalue weighted by atomic mass is 16.5. The summed E-state index contributed by atoms with van der Waals surface area (Å²) in [5.74, 6) is 0.666. The molecule has 2 atom stereocenters. The van der Waals surface area contributed by atoms with E-state index >= 15 is 0 Å². The number of hydrazone groups is 1. The number of benzene rings is 1. The van der Waals surface area contributed by atoms with Gasteiger partial charge in [0.1, 0.15) is 5.75 Å². The fourth-order valence-electron chi connectivity index (χ4n) is 2.38. The number of hydrogen-bond donors (Lipinski definition) is 2. The first-order valence-electron chi connectivity index (χ1n) is 6.77. The molecule has 0 bridgehead atoms. The van der Waals surface area contributed by atoms with Crippen LogP contribution in [0.1, 0.15) is 6.42 Å². The number of ether oxygens (including phenoxy) is 1. The van der Waals surface area contributed by atoms with Crippen LogP contribution in [0.2, 0.25) is 0 Å². The van der Waals surface area contributed by atoms with Gasteiger partial charge in [0, 0.05) is 19.2 Å². The number of fused-ring (bicyclic) bond motifs is 1. The van der Waals surface area contributed by atoms with Gasteiger partial charge in [-0.2, -0.15) is 5.10 Å². The Morgan fingerprint density at radius 3 is 3.10 bits per heavy atom. The lowest BCUT2D eigenvalue weighted by Crippen LogP contribution is -2.42. The Bertz CT molecular complexity index is 532. The van der Waals surface area contributed by atoms with E-state index in [4.69, 9.17) is 4.74 Å². The molecule has 106 valence electrons. The SMILES string of the molecule is CN(CCC1Oc2ccccc2NC1=O)C1C=NNC1. The third kappa shape index (κ3) is 2.60. The molecule has 0 fully saturated rings. The van der Waals surface area contributed by atoms with Crippen LogP contribution in [-0.4, -0.2) is 49.3 Å². The third-order valence-electron chi connectivity index (χ3n) is 3.66. The monoisotopic (exact) mass is 274 g/mol. The normalized spacial score (nSPS) is 24.0. The number of carbonyl (C=O) groups is 1. The van der Waals surface area contributed by atoms with Crippen molar-refractivity contribution < 1.29 is 9.53 Å². The lowest BCUT2D eigenvalue weighted by atomic mass is 10.1. The zero-order chi connectivity index (χ0) is 13.9. The van der Waals surface area contributed by atoms with Gasteiger partial charge in [0.05, 0.1) is 18.3 Å². The summed E-state index contributed by atoms with van der Waals surface area (Å²) < 4.78 is 5.77. The van der Waals surface area contributed by atoms with Gasteiger partial charge in [0.15, 0.2) is 6.10 Å². The molecule has 0 aromatic heterocycles. The zero-order valence-corrected chi connectivity index (χ0v) is 11.4. The average Bonchev–Trinajstić information content (AvgIpc) is 2.99. The van der Waals surface area contributed by atoms with Crippen LogP contribution < -0.4 is 15.5 Å². The lowest BCUT2D eigenvalue weighted by molar-refractivity contribution is -0.123. The molecule has 2 aliphatic heterocycles. The molecule has 0 spiro atoms. The fraction of sp³-hybridized carbons (Fsp3) is 0.429. The molecule has 0 aliphatic carbocycles. The van der Waals surface area contributed by atoms with E-state index in [2.05, 4.69) is 20.7 Å². The summed E-state index contributed by atoms with van der Waals surface area (Å²) in [6.07, 6.45) is 2.11. The highest BCUT2D eigenvalue weighted by molar-refractivity contribution is 5.97. The van der Waals surface area contributed by atoms with Crippen LogP contribution in [0, 0.1) is 0 Å². The highest BCUT2D eigenvalue weighted by Crippen LogP contribution is 2.29. The van der Waals surface area contributed by atoms with E-state index in [9.17, 15) is 4.79 Å². The molecule has 6 nitrogen and oxygen atoms in total. The smallest absolute Gasteiger partial charge is 0.265 e. The molecule has 0 saturated heterocycles. The molecule has 2 aliphatic rings. The summed E-state index contributed by atoms with van der Waals surface area (Å²) in [5.41, 5.74) is 3.67. The van der Waals surface area contributed by atoms with Crippen molar-refractivity contribution >= 4 is 17.8 Å². The molecule has 6 heteroatoms. The number of para-hydroxylation sites is 2. The summed E-state index contributed by atoms with van der Waals surface area (Å²) in [6, 6.07) is 7.78. The largest absolute Gasteiger partial charge is 0.478 e. The second-order valence-corrected chi connectivity index (χ2v) is 5.07. The van der Waals surface area contributed by atoms with Gasteiger partial charge in [0.2, 0.25) is 0 Å². The average molecular weight is 274 g/mol. The molecule has 1 amide bonds. The number of nitrogens with zero attached hydrogens (tertiary/aromatic N) is 2. The maximum absolute atomic E-state index is 12.0. The summed E-state index contributed by atoms with van der Waals surface area (Å²) in [4.78, 5) is 14.2. The number of rotatable bonds is 4. The number of nitrogens with one attached hydrogen (secondary N) is 2. The second kappa shape index (κ2) is 5.50. The van der Waals surface area contributed by atoms with Gasteiger partial charge in [-0.3, -0.25) is 9.69 Å². The molecule has 2 unspecified atom stereocenters.